The van der Waals surface area contributed by atoms with Gasteiger partial charge in [0.1, 0.15) is 5.76 Å². The minimum absolute atomic E-state index is 0.00766. The van der Waals surface area contributed by atoms with Gasteiger partial charge in [-0.15, -0.1) is 0 Å². The van der Waals surface area contributed by atoms with Crippen molar-refractivity contribution >= 4 is 33.2 Å². The third kappa shape index (κ3) is 4.21. The van der Waals surface area contributed by atoms with Crippen LogP contribution >= 0.6 is 11.6 Å². The average Bonchev–Trinajstić information content (AvgIpc) is 3.22. The molecule has 1 atom stereocenters. The number of anilines is 1. The van der Waals surface area contributed by atoms with Gasteiger partial charge in [-0.25, -0.2) is 8.42 Å². The van der Waals surface area contributed by atoms with Crippen molar-refractivity contribution in [2.24, 2.45) is 0 Å². The Balaban J connectivity index is 1.84. The van der Waals surface area contributed by atoms with Crippen molar-refractivity contribution in [1.82, 2.24) is 5.32 Å². The maximum absolute atomic E-state index is 13.0. The van der Waals surface area contributed by atoms with E-state index in [-0.39, 0.29) is 16.5 Å². The molecule has 1 heterocycles. The van der Waals surface area contributed by atoms with Crippen LogP contribution in [0.3, 0.4) is 0 Å². The summed E-state index contributed by atoms with van der Waals surface area (Å²) in [6.07, 6.45) is 1.52. The Bertz CT molecular complexity index is 1080. The number of benzene rings is 2. The molecular formula is C20H19ClN2O4S. The van der Waals surface area contributed by atoms with Gasteiger partial charge in [-0.1, -0.05) is 23.7 Å². The summed E-state index contributed by atoms with van der Waals surface area (Å²) in [5.41, 5.74) is 0.660. The highest BCUT2D eigenvalue weighted by atomic mass is 35.5. The van der Waals surface area contributed by atoms with Gasteiger partial charge < -0.3 is 9.73 Å². The standard InChI is InChI=1S/C20H19ClN2O4S/c1-14(19-10-5-11-27-19)22-20(24)15-6-3-9-18(12-15)28(25,26)23(2)17-8-4-7-16(21)13-17/h3-14H,1-2H3,(H,22,24)/t14-/m1/s1. The Kier molecular flexibility index (Phi) is 5.76. The number of nitrogens with zero attached hydrogens (tertiary/aromatic N) is 1. The van der Waals surface area contributed by atoms with E-state index in [1.807, 2.05) is 0 Å². The van der Waals surface area contributed by atoms with E-state index in [0.717, 1.165) is 4.31 Å². The van der Waals surface area contributed by atoms with Gasteiger partial charge in [0.25, 0.3) is 15.9 Å². The third-order valence-electron chi connectivity index (χ3n) is 4.24. The third-order valence-corrected chi connectivity index (χ3v) is 6.26. The molecule has 0 spiro atoms. The van der Waals surface area contributed by atoms with Crippen molar-refractivity contribution in [2.45, 2.75) is 17.9 Å². The number of rotatable bonds is 6. The topological polar surface area (TPSA) is 79.6 Å². The van der Waals surface area contributed by atoms with Crippen LogP contribution in [0.2, 0.25) is 5.02 Å². The molecule has 146 valence electrons. The molecular weight excluding hydrogens is 400 g/mol. The maximum atomic E-state index is 13.0. The fraction of sp³-hybridized carbons (Fsp3) is 0.150. The summed E-state index contributed by atoms with van der Waals surface area (Å²) in [4.78, 5) is 12.5. The van der Waals surface area contributed by atoms with Gasteiger partial charge in [-0.3, -0.25) is 9.10 Å². The summed E-state index contributed by atoms with van der Waals surface area (Å²) in [5, 5.41) is 3.22. The summed E-state index contributed by atoms with van der Waals surface area (Å²) in [5.74, 6) is 0.212. The predicted molar refractivity (Wildman–Crippen MR) is 108 cm³/mol. The summed E-state index contributed by atoms with van der Waals surface area (Å²) in [6, 6.07) is 15.6. The SMILES string of the molecule is C[C@@H](NC(=O)c1cccc(S(=O)(=O)N(C)c2cccc(Cl)c2)c1)c1ccco1. The van der Waals surface area contributed by atoms with Crippen LogP contribution in [0.25, 0.3) is 0 Å². The molecule has 3 aromatic rings. The smallest absolute Gasteiger partial charge is 0.264 e. The molecule has 28 heavy (non-hydrogen) atoms. The predicted octanol–water partition coefficient (Wildman–Crippen LogP) is 4.25. The highest BCUT2D eigenvalue weighted by Crippen LogP contribution is 2.25. The molecule has 8 heteroatoms. The lowest BCUT2D eigenvalue weighted by molar-refractivity contribution is 0.0935. The summed E-state index contributed by atoms with van der Waals surface area (Å²) < 4.78 is 32.3. The lowest BCUT2D eigenvalue weighted by Crippen LogP contribution is -2.28. The van der Waals surface area contributed by atoms with Crippen LogP contribution in [0, 0.1) is 0 Å². The van der Waals surface area contributed by atoms with Crippen LogP contribution in [-0.2, 0) is 10.0 Å². The number of amides is 1. The van der Waals surface area contributed by atoms with Crippen LogP contribution in [-0.4, -0.2) is 21.4 Å². The monoisotopic (exact) mass is 418 g/mol. The Morgan fingerprint density at radius 3 is 2.54 bits per heavy atom. The van der Waals surface area contributed by atoms with Gasteiger partial charge in [-0.05, 0) is 55.5 Å². The van der Waals surface area contributed by atoms with Gasteiger partial charge in [0.05, 0.1) is 22.9 Å². The van der Waals surface area contributed by atoms with E-state index in [1.165, 1.54) is 31.5 Å². The summed E-state index contributed by atoms with van der Waals surface area (Å²) in [7, 11) is -2.42. The van der Waals surface area contributed by atoms with Crippen LogP contribution in [0.15, 0.2) is 76.2 Å². The zero-order valence-corrected chi connectivity index (χ0v) is 16.9. The molecule has 0 saturated heterocycles. The second-order valence-corrected chi connectivity index (χ2v) is 8.60. The van der Waals surface area contributed by atoms with Crippen molar-refractivity contribution in [3.63, 3.8) is 0 Å². The Morgan fingerprint density at radius 1 is 1.11 bits per heavy atom. The van der Waals surface area contributed by atoms with E-state index < -0.39 is 15.9 Å². The van der Waals surface area contributed by atoms with E-state index >= 15 is 0 Å². The zero-order valence-electron chi connectivity index (χ0n) is 15.3. The van der Waals surface area contributed by atoms with Gasteiger partial charge in [-0.2, -0.15) is 0 Å². The van der Waals surface area contributed by atoms with Crippen molar-refractivity contribution < 1.29 is 17.6 Å². The van der Waals surface area contributed by atoms with Crippen molar-refractivity contribution in [3.8, 4) is 0 Å². The quantitative estimate of drug-likeness (QED) is 0.649. The van der Waals surface area contributed by atoms with Gasteiger partial charge >= 0.3 is 0 Å². The fourth-order valence-electron chi connectivity index (χ4n) is 2.66. The fourth-order valence-corrected chi connectivity index (χ4v) is 4.07. The highest BCUT2D eigenvalue weighted by Gasteiger charge is 2.23. The van der Waals surface area contributed by atoms with Crippen molar-refractivity contribution in [1.29, 1.82) is 0 Å². The van der Waals surface area contributed by atoms with Crippen molar-refractivity contribution in [2.75, 3.05) is 11.4 Å². The number of carbonyl (C=O) groups is 1. The molecule has 0 unspecified atom stereocenters. The van der Waals surface area contributed by atoms with Gasteiger partial charge in [0.2, 0.25) is 0 Å². The lowest BCUT2D eigenvalue weighted by Gasteiger charge is -2.20. The summed E-state index contributed by atoms with van der Waals surface area (Å²) in [6.45, 7) is 1.78. The number of hydrogen-bond donors (Lipinski definition) is 1. The first-order valence-electron chi connectivity index (χ1n) is 8.48. The number of carbonyl (C=O) groups excluding carboxylic acids is 1. The molecule has 2 aromatic carbocycles. The molecule has 1 N–H and O–H groups in total. The molecule has 1 amide bonds. The minimum Gasteiger partial charge on any atom is -0.467 e. The second kappa shape index (κ2) is 8.08. The molecule has 0 bridgehead atoms. The molecule has 0 saturated carbocycles. The van der Waals surface area contributed by atoms with E-state index in [4.69, 9.17) is 16.0 Å². The van der Waals surface area contributed by atoms with Crippen molar-refractivity contribution in [3.05, 3.63) is 83.3 Å². The molecule has 0 radical (unpaired) electrons. The Hall–Kier alpha value is -2.77. The zero-order chi connectivity index (χ0) is 20.3. The van der Waals surface area contributed by atoms with E-state index in [0.29, 0.717) is 16.5 Å². The van der Waals surface area contributed by atoms with Crippen LogP contribution in [0.1, 0.15) is 29.1 Å². The average molecular weight is 419 g/mol. The molecule has 0 aliphatic heterocycles. The molecule has 0 aliphatic carbocycles. The molecule has 0 fully saturated rings. The van der Waals surface area contributed by atoms with Crippen LogP contribution in [0.5, 0.6) is 0 Å². The summed E-state index contributed by atoms with van der Waals surface area (Å²) >= 11 is 5.96. The first-order chi connectivity index (χ1) is 13.3. The van der Waals surface area contributed by atoms with Gasteiger partial charge in [0, 0.05) is 17.6 Å². The van der Waals surface area contributed by atoms with E-state index in [1.54, 1.807) is 49.4 Å². The molecule has 6 nitrogen and oxygen atoms in total. The largest absolute Gasteiger partial charge is 0.467 e. The molecule has 0 aliphatic rings. The Labute approximate surface area is 168 Å². The van der Waals surface area contributed by atoms with Gasteiger partial charge in [0.15, 0.2) is 0 Å². The molecule has 3 rings (SSSR count). The Morgan fingerprint density at radius 2 is 1.86 bits per heavy atom. The normalized spacial score (nSPS) is 12.4. The number of sulfonamides is 1. The first kappa shape index (κ1) is 20.0. The number of furan rings is 1. The van der Waals surface area contributed by atoms with Crippen LogP contribution < -0.4 is 9.62 Å². The number of nitrogens with one attached hydrogen (secondary N) is 1. The number of hydrogen-bond acceptors (Lipinski definition) is 4. The minimum atomic E-state index is -3.86. The lowest BCUT2D eigenvalue weighted by atomic mass is 10.2. The second-order valence-electron chi connectivity index (χ2n) is 6.19. The number of halogens is 1. The maximum Gasteiger partial charge on any atom is 0.264 e. The van der Waals surface area contributed by atoms with E-state index in [9.17, 15) is 13.2 Å². The van der Waals surface area contributed by atoms with E-state index in [2.05, 4.69) is 5.32 Å². The highest BCUT2D eigenvalue weighted by molar-refractivity contribution is 7.92. The molecule has 1 aromatic heterocycles. The first-order valence-corrected chi connectivity index (χ1v) is 10.3. The van der Waals surface area contributed by atoms with Crippen LogP contribution in [0.4, 0.5) is 5.69 Å².